The fraction of sp³-hybridized carbons (Fsp3) is 0.318. The fourth-order valence-corrected chi connectivity index (χ4v) is 3.66. The third-order valence-corrected chi connectivity index (χ3v) is 5.15. The Morgan fingerprint density at radius 2 is 1.85 bits per heavy atom. The van der Waals surface area contributed by atoms with E-state index in [2.05, 4.69) is 41.5 Å². The van der Waals surface area contributed by atoms with E-state index in [1.54, 1.807) is 0 Å². The third kappa shape index (κ3) is 3.32. The predicted octanol–water partition coefficient (Wildman–Crippen LogP) is 4.61. The molecule has 0 spiro atoms. The smallest absolute Gasteiger partial charge is 0.222 e. The quantitative estimate of drug-likeness (QED) is 0.748. The Morgan fingerprint density at radius 1 is 1.12 bits per heavy atom. The zero-order chi connectivity index (χ0) is 17.9. The van der Waals surface area contributed by atoms with E-state index in [0.717, 1.165) is 37.2 Å². The van der Waals surface area contributed by atoms with E-state index in [9.17, 15) is 4.79 Å². The Kier molecular flexibility index (Phi) is 4.65. The second-order valence-corrected chi connectivity index (χ2v) is 6.82. The monoisotopic (exact) mass is 348 g/mol. The van der Waals surface area contributed by atoms with Gasteiger partial charge in [-0.15, -0.1) is 0 Å². The maximum atomic E-state index is 11.8. The number of fused-ring (bicyclic) bond motifs is 1. The molecule has 0 bridgehead atoms. The molecule has 0 aliphatic carbocycles. The molecule has 1 fully saturated rings. The van der Waals surface area contributed by atoms with Gasteiger partial charge in [0.1, 0.15) is 11.9 Å². The molecule has 4 nitrogen and oxygen atoms in total. The molecule has 0 unspecified atom stereocenters. The molecular formula is C22H24N2O2. The molecule has 134 valence electrons. The normalized spacial score (nSPS) is 15.3. The standard InChI is InChI=1S/C22H24N2O2/c1-2-22(25)24-13-11-18(12-14-24)26-17-9-7-16(8-10-17)20-15-23-21-6-4-3-5-19(20)21/h3-10,15,18,23H,2,11-14H2,1H3. The van der Waals surface area contributed by atoms with E-state index in [1.807, 2.05) is 30.0 Å². The van der Waals surface area contributed by atoms with Gasteiger partial charge in [0, 0.05) is 55.0 Å². The van der Waals surface area contributed by atoms with Gasteiger partial charge in [0.05, 0.1) is 0 Å². The van der Waals surface area contributed by atoms with Gasteiger partial charge in [-0.25, -0.2) is 0 Å². The van der Waals surface area contributed by atoms with Gasteiger partial charge in [-0.2, -0.15) is 0 Å². The minimum atomic E-state index is 0.190. The van der Waals surface area contributed by atoms with Gasteiger partial charge in [-0.3, -0.25) is 4.79 Å². The average molecular weight is 348 g/mol. The first-order valence-corrected chi connectivity index (χ1v) is 9.35. The first kappa shape index (κ1) is 16.7. The van der Waals surface area contributed by atoms with Crippen molar-refractivity contribution in [3.8, 4) is 16.9 Å². The SMILES string of the molecule is CCC(=O)N1CCC(Oc2ccc(-c3c[nH]c4ccccc34)cc2)CC1. The summed E-state index contributed by atoms with van der Waals surface area (Å²) < 4.78 is 6.13. The minimum absolute atomic E-state index is 0.190. The van der Waals surface area contributed by atoms with Gasteiger partial charge in [-0.1, -0.05) is 37.3 Å². The number of aromatic nitrogens is 1. The number of benzene rings is 2. The van der Waals surface area contributed by atoms with Crippen molar-refractivity contribution in [2.24, 2.45) is 0 Å². The van der Waals surface area contributed by atoms with Gasteiger partial charge in [-0.05, 0) is 23.8 Å². The van der Waals surface area contributed by atoms with E-state index >= 15 is 0 Å². The lowest BCUT2D eigenvalue weighted by Gasteiger charge is -2.32. The number of hydrogen-bond acceptors (Lipinski definition) is 2. The maximum absolute atomic E-state index is 11.8. The number of rotatable bonds is 4. The summed E-state index contributed by atoms with van der Waals surface area (Å²) >= 11 is 0. The molecule has 0 saturated carbocycles. The highest BCUT2D eigenvalue weighted by molar-refractivity contribution is 5.95. The second-order valence-electron chi connectivity index (χ2n) is 6.82. The van der Waals surface area contributed by atoms with E-state index in [-0.39, 0.29) is 12.0 Å². The highest BCUT2D eigenvalue weighted by Crippen LogP contribution is 2.30. The average Bonchev–Trinajstić information content (AvgIpc) is 3.13. The van der Waals surface area contributed by atoms with Crippen LogP contribution in [0.4, 0.5) is 0 Å². The van der Waals surface area contributed by atoms with Crippen LogP contribution in [0.1, 0.15) is 26.2 Å². The topological polar surface area (TPSA) is 45.3 Å². The molecule has 3 aromatic rings. The number of para-hydroxylation sites is 1. The van der Waals surface area contributed by atoms with Crippen molar-refractivity contribution >= 4 is 16.8 Å². The van der Waals surface area contributed by atoms with Crippen molar-refractivity contribution in [3.05, 3.63) is 54.7 Å². The lowest BCUT2D eigenvalue weighted by molar-refractivity contribution is -0.132. The molecule has 0 radical (unpaired) electrons. The zero-order valence-corrected chi connectivity index (χ0v) is 15.1. The molecule has 1 amide bonds. The Bertz CT molecular complexity index is 890. The van der Waals surface area contributed by atoms with Crippen molar-refractivity contribution in [1.29, 1.82) is 0 Å². The number of nitrogens with zero attached hydrogens (tertiary/aromatic N) is 1. The van der Waals surface area contributed by atoms with Crippen molar-refractivity contribution < 1.29 is 9.53 Å². The first-order chi connectivity index (χ1) is 12.7. The number of piperidine rings is 1. The van der Waals surface area contributed by atoms with Gasteiger partial charge in [0.2, 0.25) is 5.91 Å². The van der Waals surface area contributed by atoms with Crippen molar-refractivity contribution in [2.75, 3.05) is 13.1 Å². The zero-order valence-electron chi connectivity index (χ0n) is 15.1. The van der Waals surface area contributed by atoms with Crippen molar-refractivity contribution in [3.63, 3.8) is 0 Å². The van der Waals surface area contributed by atoms with Crippen LogP contribution in [0.3, 0.4) is 0 Å². The molecule has 1 aromatic heterocycles. The largest absolute Gasteiger partial charge is 0.490 e. The van der Waals surface area contributed by atoms with Gasteiger partial charge >= 0.3 is 0 Å². The number of H-pyrrole nitrogens is 1. The van der Waals surface area contributed by atoms with E-state index in [0.29, 0.717) is 6.42 Å². The van der Waals surface area contributed by atoms with Crippen LogP contribution in [-0.4, -0.2) is 35.0 Å². The molecule has 4 heteroatoms. The summed E-state index contributed by atoms with van der Waals surface area (Å²) in [5, 5.41) is 1.23. The lowest BCUT2D eigenvalue weighted by atomic mass is 10.0. The van der Waals surface area contributed by atoms with Crippen molar-refractivity contribution in [1.82, 2.24) is 9.88 Å². The second kappa shape index (κ2) is 7.24. The number of likely N-dealkylation sites (tertiary alicyclic amines) is 1. The number of aromatic amines is 1. The predicted molar refractivity (Wildman–Crippen MR) is 104 cm³/mol. The molecule has 26 heavy (non-hydrogen) atoms. The Morgan fingerprint density at radius 3 is 2.58 bits per heavy atom. The molecule has 1 aliphatic heterocycles. The van der Waals surface area contributed by atoms with Crippen LogP contribution >= 0.6 is 0 Å². The summed E-state index contributed by atoms with van der Waals surface area (Å²) in [7, 11) is 0. The highest BCUT2D eigenvalue weighted by atomic mass is 16.5. The number of amides is 1. The van der Waals surface area contributed by atoms with E-state index in [4.69, 9.17) is 4.74 Å². The Balaban J connectivity index is 1.42. The van der Waals surface area contributed by atoms with Crippen LogP contribution < -0.4 is 4.74 Å². The van der Waals surface area contributed by atoms with Crippen LogP contribution in [0.15, 0.2) is 54.7 Å². The van der Waals surface area contributed by atoms with Crippen LogP contribution in [0, 0.1) is 0 Å². The van der Waals surface area contributed by atoms with E-state index < -0.39 is 0 Å². The maximum Gasteiger partial charge on any atom is 0.222 e. The summed E-state index contributed by atoms with van der Waals surface area (Å²) in [5.41, 5.74) is 3.54. The molecule has 1 N–H and O–H groups in total. The number of carbonyl (C=O) groups excluding carboxylic acids is 1. The van der Waals surface area contributed by atoms with Crippen molar-refractivity contribution in [2.45, 2.75) is 32.3 Å². The lowest BCUT2D eigenvalue weighted by Crippen LogP contribution is -2.41. The summed E-state index contributed by atoms with van der Waals surface area (Å²) in [6.45, 7) is 3.51. The summed E-state index contributed by atoms with van der Waals surface area (Å²) in [6, 6.07) is 16.6. The van der Waals surface area contributed by atoms with E-state index in [1.165, 1.54) is 16.5 Å². The molecule has 1 aliphatic rings. The molecule has 0 atom stereocenters. The Labute approximate surface area is 153 Å². The van der Waals surface area contributed by atoms with Gasteiger partial charge in [0.25, 0.3) is 0 Å². The molecular weight excluding hydrogens is 324 g/mol. The fourth-order valence-electron chi connectivity index (χ4n) is 3.66. The Hall–Kier alpha value is -2.75. The van der Waals surface area contributed by atoms with Crippen LogP contribution in [0.2, 0.25) is 0 Å². The number of hydrogen-bond donors (Lipinski definition) is 1. The number of nitrogens with one attached hydrogen (secondary N) is 1. The molecule has 4 rings (SSSR count). The third-order valence-electron chi connectivity index (χ3n) is 5.15. The minimum Gasteiger partial charge on any atom is -0.490 e. The van der Waals surface area contributed by atoms with Crippen LogP contribution in [-0.2, 0) is 4.79 Å². The van der Waals surface area contributed by atoms with Gasteiger partial charge < -0.3 is 14.6 Å². The molecule has 1 saturated heterocycles. The summed E-state index contributed by atoms with van der Waals surface area (Å²) in [5.74, 6) is 1.14. The summed E-state index contributed by atoms with van der Waals surface area (Å²) in [6.07, 6.45) is 4.63. The number of carbonyl (C=O) groups is 1. The number of ether oxygens (including phenoxy) is 1. The highest BCUT2D eigenvalue weighted by Gasteiger charge is 2.22. The molecule has 2 heterocycles. The molecule has 2 aromatic carbocycles. The first-order valence-electron chi connectivity index (χ1n) is 9.35. The van der Waals surface area contributed by atoms with Gasteiger partial charge in [0.15, 0.2) is 0 Å². The van der Waals surface area contributed by atoms with Crippen LogP contribution in [0.25, 0.3) is 22.0 Å². The van der Waals surface area contributed by atoms with Crippen LogP contribution in [0.5, 0.6) is 5.75 Å². The summed E-state index contributed by atoms with van der Waals surface area (Å²) in [4.78, 5) is 17.0.